The summed E-state index contributed by atoms with van der Waals surface area (Å²) >= 11 is -0.00353. The van der Waals surface area contributed by atoms with Gasteiger partial charge in [-0.2, -0.15) is 0 Å². The number of aliphatic hydroxyl groups is 1. The Labute approximate surface area is 196 Å². The Morgan fingerprint density at radius 1 is 0.871 bits per heavy atom. The van der Waals surface area contributed by atoms with Crippen molar-refractivity contribution in [3.05, 3.63) is 30.3 Å². The molecule has 2 aliphatic rings. The van der Waals surface area contributed by atoms with E-state index in [-0.39, 0.29) is 37.1 Å². The molecule has 0 aromatic heterocycles. The van der Waals surface area contributed by atoms with Crippen LogP contribution in [0.3, 0.4) is 0 Å². The first kappa shape index (κ1) is 25.6. The van der Waals surface area contributed by atoms with Crippen LogP contribution >= 0.6 is 0 Å². The van der Waals surface area contributed by atoms with E-state index in [9.17, 15) is 5.11 Å². The standard InChI is InChI=1S/C23H40O5SeSi2/c1-15(2)30(16(3)4)25-14-20-22(27-31(28-30,17(5)6)18(7)8)21(24)23(26-20)29-19-12-10-9-11-13-19/h9-13,15-18,20-24H,14H2,1-8H3/t20-,21+,22-,23-/m1/s1. The van der Waals surface area contributed by atoms with Crippen LogP contribution in [0, 0.1) is 0 Å². The number of hydrogen-bond acceptors (Lipinski definition) is 5. The van der Waals surface area contributed by atoms with Gasteiger partial charge in [-0.15, -0.1) is 0 Å². The second-order valence-electron chi connectivity index (χ2n) is 10.0. The topological polar surface area (TPSA) is 57.2 Å². The molecule has 0 radical (unpaired) electrons. The molecule has 3 rings (SSSR count). The molecule has 2 fully saturated rings. The molecule has 31 heavy (non-hydrogen) atoms. The van der Waals surface area contributed by atoms with Gasteiger partial charge in [0.25, 0.3) is 0 Å². The molecule has 0 saturated carbocycles. The van der Waals surface area contributed by atoms with E-state index in [2.05, 4.69) is 67.5 Å². The quantitative estimate of drug-likeness (QED) is 0.562. The maximum absolute atomic E-state index is 11.3. The van der Waals surface area contributed by atoms with Crippen molar-refractivity contribution >= 4 is 36.5 Å². The van der Waals surface area contributed by atoms with Gasteiger partial charge >= 0.3 is 197 Å². The minimum atomic E-state index is -2.73. The van der Waals surface area contributed by atoms with Crippen LogP contribution < -0.4 is 4.46 Å². The van der Waals surface area contributed by atoms with Crippen LogP contribution in [0.5, 0.6) is 0 Å². The SMILES string of the molecule is CC(C)[Si]1(C(C)C)OC[C@H]2O[C@H]([Se]c3ccccc3)[C@@H](O)[C@@H]2O[Si](C(C)C)(C(C)C)O1. The number of benzene rings is 1. The fourth-order valence-corrected chi connectivity index (χ4v) is 18.3. The molecule has 0 aliphatic carbocycles. The van der Waals surface area contributed by atoms with Gasteiger partial charge in [0, 0.05) is 0 Å². The Morgan fingerprint density at radius 3 is 1.94 bits per heavy atom. The average Bonchev–Trinajstić information content (AvgIpc) is 2.96. The molecule has 0 unspecified atom stereocenters. The molecule has 5 nitrogen and oxygen atoms in total. The van der Waals surface area contributed by atoms with E-state index in [1.807, 2.05) is 18.2 Å². The van der Waals surface area contributed by atoms with Gasteiger partial charge in [-0.25, -0.2) is 0 Å². The zero-order valence-electron chi connectivity index (χ0n) is 20.2. The second-order valence-corrected chi connectivity index (χ2v) is 21.3. The Kier molecular flexibility index (Phi) is 8.32. The van der Waals surface area contributed by atoms with E-state index in [1.165, 1.54) is 4.46 Å². The third-order valence-corrected chi connectivity index (χ3v) is 19.3. The van der Waals surface area contributed by atoms with Crippen LogP contribution in [0.2, 0.25) is 22.2 Å². The molecule has 2 saturated heterocycles. The molecular weight excluding hydrogens is 491 g/mol. The maximum atomic E-state index is 11.3. The molecule has 2 aliphatic heterocycles. The molecule has 4 atom stereocenters. The summed E-state index contributed by atoms with van der Waals surface area (Å²) in [5.74, 6) is 0. The molecule has 1 N–H and O–H groups in total. The summed E-state index contributed by atoms with van der Waals surface area (Å²) in [6, 6.07) is 10.3. The van der Waals surface area contributed by atoms with Crippen molar-refractivity contribution < 1.29 is 22.8 Å². The van der Waals surface area contributed by atoms with Crippen molar-refractivity contribution in [2.45, 2.75) is 101 Å². The Balaban J connectivity index is 1.97. The number of aliphatic hydroxyl groups excluding tert-OH is 1. The summed E-state index contributed by atoms with van der Waals surface area (Å²) in [7, 11) is -5.31. The van der Waals surface area contributed by atoms with Crippen molar-refractivity contribution in [2.75, 3.05) is 6.61 Å². The summed E-state index contributed by atoms with van der Waals surface area (Å²) in [5.41, 5.74) is 1.08. The van der Waals surface area contributed by atoms with Crippen LogP contribution in [0.4, 0.5) is 0 Å². The molecule has 1 aromatic rings. The third-order valence-electron chi connectivity index (χ3n) is 6.62. The van der Waals surface area contributed by atoms with Crippen LogP contribution in [-0.2, 0) is 17.7 Å². The zero-order valence-corrected chi connectivity index (χ0v) is 23.9. The first-order valence-corrected chi connectivity index (χ1v) is 17.4. The molecule has 8 heteroatoms. The Hall–Kier alpha value is -0.0268. The van der Waals surface area contributed by atoms with Crippen molar-refractivity contribution in [1.82, 2.24) is 0 Å². The zero-order chi connectivity index (χ0) is 23.0. The minimum absolute atomic E-state index is 0.00353. The molecule has 0 bridgehead atoms. The van der Waals surface area contributed by atoms with Gasteiger partial charge in [0.15, 0.2) is 0 Å². The number of ether oxygens (including phenoxy) is 1. The van der Waals surface area contributed by atoms with Gasteiger partial charge < -0.3 is 0 Å². The summed E-state index contributed by atoms with van der Waals surface area (Å²) < 4.78 is 28.6. The second kappa shape index (κ2) is 10.1. The molecule has 1 aromatic carbocycles. The van der Waals surface area contributed by atoms with Gasteiger partial charge in [-0.05, 0) is 0 Å². The van der Waals surface area contributed by atoms with Gasteiger partial charge in [-0.3, -0.25) is 0 Å². The molecular formula is C23H40O5SeSi2. The van der Waals surface area contributed by atoms with Gasteiger partial charge in [0.1, 0.15) is 0 Å². The van der Waals surface area contributed by atoms with E-state index in [0.717, 1.165) is 0 Å². The van der Waals surface area contributed by atoms with E-state index >= 15 is 0 Å². The third kappa shape index (κ3) is 4.93. The van der Waals surface area contributed by atoms with Crippen molar-refractivity contribution in [1.29, 1.82) is 0 Å². The van der Waals surface area contributed by atoms with E-state index < -0.39 is 29.3 Å². The Morgan fingerprint density at radius 2 is 1.42 bits per heavy atom. The van der Waals surface area contributed by atoms with Crippen LogP contribution in [0.15, 0.2) is 30.3 Å². The number of hydrogen-bond donors (Lipinski definition) is 1. The van der Waals surface area contributed by atoms with Crippen LogP contribution in [-0.4, -0.2) is 67.1 Å². The van der Waals surface area contributed by atoms with E-state index in [1.54, 1.807) is 0 Å². The number of rotatable bonds is 6. The van der Waals surface area contributed by atoms with Crippen LogP contribution in [0.25, 0.3) is 0 Å². The molecule has 2 heterocycles. The fourth-order valence-electron chi connectivity index (χ4n) is 4.85. The summed E-state index contributed by atoms with van der Waals surface area (Å²) in [6.07, 6.45) is -1.34. The average molecular weight is 532 g/mol. The van der Waals surface area contributed by atoms with Crippen molar-refractivity contribution in [3.8, 4) is 0 Å². The monoisotopic (exact) mass is 532 g/mol. The Bertz CT molecular complexity index is 699. The van der Waals surface area contributed by atoms with Gasteiger partial charge in [0.2, 0.25) is 0 Å². The fraction of sp³-hybridized carbons (Fsp3) is 0.739. The predicted molar refractivity (Wildman–Crippen MR) is 130 cm³/mol. The number of fused-ring (bicyclic) bond motifs is 1. The predicted octanol–water partition coefficient (Wildman–Crippen LogP) is 4.06. The summed E-state index contributed by atoms with van der Waals surface area (Å²) in [5, 5.41) is 11.1. The van der Waals surface area contributed by atoms with Gasteiger partial charge in [0.05, 0.1) is 0 Å². The van der Waals surface area contributed by atoms with Gasteiger partial charge in [-0.1, -0.05) is 0 Å². The van der Waals surface area contributed by atoms with E-state index in [0.29, 0.717) is 17.7 Å². The van der Waals surface area contributed by atoms with Crippen LogP contribution in [0.1, 0.15) is 55.4 Å². The molecule has 0 amide bonds. The van der Waals surface area contributed by atoms with Crippen molar-refractivity contribution in [2.24, 2.45) is 0 Å². The first-order chi connectivity index (χ1) is 14.5. The summed E-state index contributed by atoms with van der Waals surface area (Å²) in [4.78, 5) is 0. The normalized spacial score (nSPS) is 30.6. The van der Waals surface area contributed by atoms with Crippen molar-refractivity contribution in [3.63, 3.8) is 0 Å². The summed E-state index contributed by atoms with van der Waals surface area (Å²) in [6.45, 7) is 18.1. The molecule has 0 spiro atoms. The molecule has 176 valence electrons. The van der Waals surface area contributed by atoms with E-state index in [4.69, 9.17) is 17.7 Å². The first-order valence-electron chi connectivity index (χ1n) is 11.6.